The van der Waals surface area contributed by atoms with E-state index in [1.165, 1.54) is 0 Å². The topological polar surface area (TPSA) is 78.7 Å². The fourth-order valence-electron chi connectivity index (χ4n) is 6.19. The Morgan fingerprint density at radius 1 is 1.07 bits per heavy atom. The van der Waals surface area contributed by atoms with Gasteiger partial charge in [0, 0.05) is 27.4 Å². The Kier molecular flexibility index (Phi) is 11.6. The molecule has 0 bridgehead atoms. The molecule has 2 aromatic heterocycles. The van der Waals surface area contributed by atoms with Crippen LogP contribution in [0.3, 0.4) is 0 Å². The minimum Gasteiger partial charge on any atom is -0.461 e. The summed E-state index contributed by atoms with van der Waals surface area (Å²) in [5.41, 5.74) is 6.26. The van der Waals surface area contributed by atoms with Crippen LogP contribution < -0.4 is 4.74 Å². The fourth-order valence-corrected chi connectivity index (χ4v) is 12.1. The van der Waals surface area contributed by atoms with Gasteiger partial charge in [-0.05, 0) is 62.3 Å². The van der Waals surface area contributed by atoms with Gasteiger partial charge in [-0.25, -0.2) is 4.79 Å². The number of carbonyl (C=O) groups is 1. The Labute approximate surface area is 262 Å². The van der Waals surface area contributed by atoms with Gasteiger partial charge >= 0.3 is 12.1 Å². The van der Waals surface area contributed by atoms with Crippen molar-refractivity contribution in [3.63, 3.8) is 0 Å². The molecule has 0 N–H and O–H groups in total. The Morgan fingerprint density at radius 2 is 1.72 bits per heavy atom. The van der Waals surface area contributed by atoms with Gasteiger partial charge in [-0.1, -0.05) is 67.1 Å². The Hall–Kier alpha value is -2.36. The molecule has 2 aromatic rings. The van der Waals surface area contributed by atoms with Crippen LogP contribution in [0.1, 0.15) is 80.8 Å². The first-order valence-electron chi connectivity index (χ1n) is 16.0. The first-order valence-corrected chi connectivity index (χ1v) is 22.0. The highest BCUT2D eigenvalue weighted by atomic mass is 28.3. The number of ether oxygens (including phenoxy) is 3. The van der Waals surface area contributed by atoms with Gasteiger partial charge in [0.05, 0.1) is 11.4 Å². The van der Waals surface area contributed by atoms with Crippen molar-refractivity contribution < 1.29 is 19.0 Å². The molecular weight excluding hydrogens is 573 g/mol. The highest BCUT2D eigenvalue weighted by molar-refractivity contribution is 6.90. The molecule has 1 aliphatic rings. The maximum atomic E-state index is 12.8. The molecule has 0 aliphatic carbocycles. The molecule has 0 unspecified atom stereocenters. The number of hydrogen-bond donors (Lipinski definition) is 0. The summed E-state index contributed by atoms with van der Waals surface area (Å²) in [6.45, 7) is 28.7. The van der Waals surface area contributed by atoms with Crippen LogP contribution in [0.5, 0.6) is 6.01 Å². The summed E-state index contributed by atoms with van der Waals surface area (Å²) in [6.07, 6.45) is 3.46. The highest BCUT2D eigenvalue weighted by Crippen LogP contribution is 2.41. The van der Waals surface area contributed by atoms with E-state index in [4.69, 9.17) is 24.2 Å². The summed E-state index contributed by atoms with van der Waals surface area (Å²) in [6, 6.07) is 3.33. The van der Waals surface area contributed by atoms with Crippen LogP contribution in [0.4, 0.5) is 4.79 Å². The Bertz CT molecular complexity index is 1280. The maximum absolute atomic E-state index is 12.8. The zero-order chi connectivity index (χ0) is 32.2. The molecule has 1 aliphatic heterocycles. The molecule has 0 spiro atoms. The lowest BCUT2D eigenvalue weighted by atomic mass is 10.2. The standard InChI is InChI=1S/C33H56N4O4Si2/c1-24(2)43(25(3)4,26(5)6)20-16-29-28-15-18-36(23-39-19-21-42(10,11)12)30(28)35-31(34-29)40-22-27-14-13-17-37(27)32(38)41-33(7,8)9/h15,18,24-27H,13-14,17,19,21-23H2,1-12H3/t27-/m0/s1. The summed E-state index contributed by atoms with van der Waals surface area (Å²) in [5.74, 6) is 3.54. The normalized spacial score (nSPS) is 16.3. The summed E-state index contributed by atoms with van der Waals surface area (Å²) >= 11 is 0. The Morgan fingerprint density at radius 3 is 2.30 bits per heavy atom. The van der Waals surface area contributed by atoms with Gasteiger partial charge < -0.3 is 23.7 Å². The second kappa shape index (κ2) is 14.2. The molecule has 240 valence electrons. The van der Waals surface area contributed by atoms with Crippen LogP contribution >= 0.6 is 0 Å². The lowest BCUT2D eigenvalue weighted by molar-refractivity contribution is 0.0184. The first-order chi connectivity index (χ1) is 19.9. The average molecular weight is 629 g/mol. The van der Waals surface area contributed by atoms with Crippen molar-refractivity contribution in [2.45, 2.75) is 136 Å². The molecule has 10 heteroatoms. The second-order valence-corrected chi connectivity index (χ2v) is 26.4. The molecule has 43 heavy (non-hydrogen) atoms. The van der Waals surface area contributed by atoms with E-state index in [1.807, 2.05) is 37.6 Å². The van der Waals surface area contributed by atoms with Crippen LogP contribution in [0.25, 0.3) is 11.0 Å². The number of nitrogens with zero attached hydrogens (tertiary/aromatic N) is 4. The van der Waals surface area contributed by atoms with Crippen LogP contribution in [0, 0.1) is 11.5 Å². The van der Waals surface area contributed by atoms with E-state index in [-0.39, 0.29) is 18.1 Å². The number of rotatable bonds is 11. The molecule has 0 radical (unpaired) electrons. The molecule has 1 fully saturated rings. The molecule has 0 saturated carbocycles. The minimum absolute atomic E-state index is 0.0942. The van der Waals surface area contributed by atoms with Gasteiger partial charge in [-0.15, -0.1) is 5.54 Å². The highest BCUT2D eigenvalue weighted by Gasteiger charge is 2.42. The van der Waals surface area contributed by atoms with Crippen molar-refractivity contribution in [3.05, 3.63) is 18.0 Å². The molecule has 0 aromatic carbocycles. The molecule has 1 amide bonds. The van der Waals surface area contributed by atoms with Gasteiger partial charge in [-0.2, -0.15) is 9.97 Å². The van der Waals surface area contributed by atoms with Gasteiger partial charge in [-0.3, -0.25) is 0 Å². The molecule has 3 heterocycles. The van der Waals surface area contributed by atoms with Gasteiger partial charge in [0.1, 0.15) is 38.4 Å². The SMILES string of the molecule is CC(C)[Si](C#Cc1nc(OC[C@@H]2CCCN2C(=O)OC(C)(C)C)nc2c1ccn2COCC[Si](C)(C)C)(C(C)C)C(C)C. The van der Waals surface area contributed by atoms with Crippen molar-refractivity contribution in [2.75, 3.05) is 19.8 Å². The van der Waals surface area contributed by atoms with Crippen LogP contribution in [0.2, 0.25) is 42.3 Å². The third kappa shape index (κ3) is 9.08. The first kappa shape index (κ1) is 35.1. The number of likely N-dealkylation sites (tertiary alicyclic amines) is 1. The summed E-state index contributed by atoms with van der Waals surface area (Å²) in [5, 5.41) is 0.907. The summed E-state index contributed by atoms with van der Waals surface area (Å²) in [7, 11) is -3.17. The van der Waals surface area contributed by atoms with Crippen molar-refractivity contribution in [1.82, 2.24) is 19.4 Å². The number of carbonyl (C=O) groups excluding carboxylic acids is 1. The van der Waals surface area contributed by atoms with Crippen molar-refractivity contribution in [2.24, 2.45) is 0 Å². The van der Waals surface area contributed by atoms with Gasteiger partial charge in [0.15, 0.2) is 0 Å². The van der Waals surface area contributed by atoms with E-state index in [0.717, 1.165) is 36.5 Å². The van der Waals surface area contributed by atoms with E-state index >= 15 is 0 Å². The van der Waals surface area contributed by atoms with Crippen molar-refractivity contribution in [1.29, 1.82) is 0 Å². The van der Waals surface area contributed by atoms with Crippen LogP contribution in [-0.2, 0) is 16.2 Å². The minimum atomic E-state index is -1.98. The summed E-state index contributed by atoms with van der Waals surface area (Å²) in [4.78, 5) is 24.3. The molecule has 8 nitrogen and oxygen atoms in total. The largest absolute Gasteiger partial charge is 0.461 e. The molecule has 1 saturated heterocycles. The van der Waals surface area contributed by atoms with Crippen molar-refractivity contribution >= 4 is 33.3 Å². The van der Waals surface area contributed by atoms with Crippen LogP contribution in [0.15, 0.2) is 12.3 Å². The van der Waals surface area contributed by atoms with Gasteiger partial charge in [0.2, 0.25) is 0 Å². The predicted molar refractivity (Wildman–Crippen MR) is 181 cm³/mol. The van der Waals surface area contributed by atoms with E-state index < -0.39 is 21.7 Å². The predicted octanol–water partition coefficient (Wildman–Crippen LogP) is 8.09. The van der Waals surface area contributed by atoms with E-state index in [1.54, 1.807) is 4.90 Å². The van der Waals surface area contributed by atoms with Crippen molar-refractivity contribution in [3.8, 4) is 17.5 Å². The second-order valence-electron chi connectivity index (χ2n) is 15.2. The quantitative estimate of drug-likeness (QED) is 0.142. The zero-order valence-electron chi connectivity index (χ0n) is 28.8. The van der Waals surface area contributed by atoms with Crippen LogP contribution in [-0.4, -0.2) is 73.1 Å². The maximum Gasteiger partial charge on any atom is 0.410 e. The molecule has 3 rings (SSSR count). The molecular formula is C33H56N4O4Si2. The van der Waals surface area contributed by atoms with E-state index in [9.17, 15) is 4.79 Å². The van der Waals surface area contributed by atoms with Gasteiger partial charge in [0.25, 0.3) is 0 Å². The fraction of sp³-hybridized carbons (Fsp3) is 0.727. The average Bonchev–Trinajstić information content (AvgIpc) is 3.50. The van der Waals surface area contributed by atoms with E-state index in [0.29, 0.717) is 42.2 Å². The zero-order valence-corrected chi connectivity index (χ0v) is 30.8. The lowest BCUT2D eigenvalue weighted by Gasteiger charge is -2.38. The third-order valence-corrected chi connectivity index (χ3v) is 16.5. The van der Waals surface area contributed by atoms with E-state index in [2.05, 4.69) is 72.6 Å². The molecule has 1 atom stereocenters. The number of hydrogen-bond acceptors (Lipinski definition) is 6. The number of amides is 1. The smallest absolute Gasteiger partial charge is 0.410 e. The Balaban J connectivity index is 1.96. The summed E-state index contributed by atoms with van der Waals surface area (Å²) < 4.78 is 20.0. The third-order valence-electron chi connectivity index (χ3n) is 8.50. The number of fused-ring (bicyclic) bond motifs is 1. The number of aromatic nitrogens is 3. The monoisotopic (exact) mass is 628 g/mol. The lowest BCUT2D eigenvalue weighted by Crippen LogP contribution is -2.43.